The molecular weight excluding hydrogens is 328 g/mol. The second-order valence-corrected chi connectivity index (χ2v) is 5.97. The van der Waals surface area contributed by atoms with Gasteiger partial charge in [-0.2, -0.15) is 5.10 Å². The van der Waals surface area contributed by atoms with Crippen LogP contribution >= 0.6 is 0 Å². The molecule has 1 aliphatic heterocycles. The average molecular weight is 343 g/mol. The summed E-state index contributed by atoms with van der Waals surface area (Å²) in [5, 5.41) is 10.5. The van der Waals surface area contributed by atoms with Crippen LogP contribution in [0.15, 0.2) is 42.6 Å². The number of carbonyl (C=O) groups excluding carboxylic acids is 1. The molecule has 5 nitrogen and oxygen atoms in total. The van der Waals surface area contributed by atoms with Gasteiger partial charge in [-0.05, 0) is 30.2 Å². The molecule has 2 aromatic carbocycles. The second kappa shape index (κ2) is 6.25. The van der Waals surface area contributed by atoms with E-state index in [4.69, 9.17) is 4.74 Å². The first-order chi connectivity index (χ1) is 12.1. The van der Waals surface area contributed by atoms with Crippen LogP contribution in [0.2, 0.25) is 0 Å². The van der Waals surface area contributed by atoms with Crippen LogP contribution in [0.4, 0.5) is 8.78 Å². The van der Waals surface area contributed by atoms with Crippen molar-refractivity contribution in [2.75, 3.05) is 6.61 Å². The van der Waals surface area contributed by atoms with Crippen LogP contribution in [-0.2, 0) is 4.74 Å². The highest BCUT2D eigenvalue weighted by molar-refractivity contribution is 6.05. The standard InChI is InChI=1S/C18H15F2N3O2/c19-13-5-4-10(8-14(13)20)17-15(6-7-25-17)22-18(24)12-3-1-2-11-9-21-23-16(11)12/h1-5,8-9,15,17H,6-7H2,(H,21,23)(H,22,24)/t15-,17-/m0/s1. The van der Waals surface area contributed by atoms with E-state index < -0.39 is 17.7 Å². The molecule has 0 aliphatic carbocycles. The third-order valence-corrected chi connectivity index (χ3v) is 4.40. The van der Waals surface area contributed by atoms with Crippen molar-refractivity contribution in [1.29, 1.82) is 0 Å². The van der Waals surface area contributed by atoms with E-state index >= 15 is 0 Å². The third-order valence-electron chi connectivity index (χ3n) is 4.40. The molecule has 2 atom stereocenters. The molecule has 0 bridgehead atoms. The number of halogens is 2. The molecule has 1 aromatic heterocycles. The highest BCUT2D eigenvalue weighted by atomic mass is 19.2. The number of benzene rings is 2. The number of H-pyrrole nitrogens is 1. The fourth-order valence-electron chi connectivity index (χ4n) is 3.16. The highest BCUT2D eigenvalue weighted by Crippen LogP contribution is 2.30. The Bertz CT molecular complexity index is 941. The average Bonchev–Trinajstić information content (AvgIpc) is 3.26. The number of amides is 1. The Morgan fingerprint density at radius 1 is 1.24 bits per heavy atom. The number of fused-ring (bicyclic) bond motifs is 1. The first-order valence-corrected chi connectivity index (χ1v) is 7.93. The smallest absolute Gasteiger partial charge is 0.253 e. The van der Waals surface area contributed by atoms with Gasteiger partial charge in [0.2, 0.25) is 0 Å². The predicted molar refractivity (Wildman–Crippen MR) is 87.0 cm³/mol. The molecule has 3 aromatic rings. The van der Waals surface area contributed by atoms with Crippen molar-refractivity contribution in [2.24, 2.45) is 0 Å². The van der Waals surface area contributed by atoms with E-state index in [1.54, 1.807) is 18.3 Å². The Labute approximate surface area is 142 Å². The summed E-state index contributed by atoms with van der Waals surface area (Å²) in [5.41, 5.74) is 1.63. The Morgan fingerprint density at radius 3 is 2.96 bits per heavy atom. The Balaban J connectivity index is 1.58. The zero-order valence-corrected chi connectivity index (χ0v) is 13.1. The zero-order chi connectivity index (χ0) is 17.4. The number of rotatable bonds is 3. The van der Waals surface area contributed by atoms with Crippen molar-refractivity contribution in [3.63, 3.8) is 0 Å². The SMILES string of the molecule is O=C(N[C@H]1CCO[C@H]1c1ccc(F)c(F)c1)c1cccc2cn[nH]c12. The van der Waals surface area contributed by atoms with Gasteiger partial charge in [0.05, 0.1) is 23.3 Å². The van der Waals surface area contributed by atoms with E-state index in [-0.39, 0.29) is 11.9 Å². The quantitative estimate of drug-likeness (QED) is 0.768. The van der Waals surface area contributed by atoms with Gasteiger partial charge in [-0.3, -0.25) is 9.89 Å². The summed E-state index contributed by atoms with van der Waals surface area (Å²) in [6.45, 7) is 0.433. The van der Waals surface area contributed by atoms with Crippen molar-refractivity contribution in [3.05, 3.63) is 65.4 Å². The van der Waals surface area contributed by atoms with Crippen molar-refractivity contribution in [2.45, 2.75) is 18.6 Å². The molecular formula is C18H15F2N3O2. The number of ether oxygens (including phenoxy) is 1. The molecule has 1 aliphatic rings. The monoisotopic (exact) mass is 343 g/mol. The van der Waals surface area contributed by atoms with Crippen LogP contribution in [0.25, 0.3) is 10.9 Å². The van der Waals surface area contributed by atoms with Gasteiger partial charge in [0.25, 0.3) is 5.91 Å². The summed E-state index contributed by atoms with van der Waals surface area (Å²) in [7, 11) is 0. The third kappa shape index (κ3) is 2.87. The molecule has 2 heterocycles. The van der Waals surface area contributed by atoms with Gasteiger partial charge < -0.3 is 10.1 Å². The molecule has 128 valence electrons. The topological polar surface area (TPSA) is 67.0 Å². The number of hydrogen-bond acceptors (Lipinski definition) is 3. The molecule has 0 saturated carbocycles. The predicted octanol–water partition coefficient (Wildman–Crippen LogP) is 3.10. The number of carbonyl (C=O) groups is 1. The minimum atomic E-state index is -0.930. The highest BCUT2D eigenvalue weighted by Gasteiger charge is 2.32. The largest absolute Gasteiger partial charge is 0.371 e. The van der Waals surface area contributed by atoms with Crippen LogP contribution < -0.4 is 5.32 Å². The van der Waals surface area contributed by atoms with Crippen LogP contribution in [0.1, 0.15) is 28.4 Å². The maximum absolute atomic E-state index is 13.5. The molecule has 0 unspecified atom stereocenters. The van der Waals surface area contributed by atoms with E-state index in [9.17, 15) is 13.6 Å². The molecule has 1 amide bonds. The molecule has 7 heteroatoms. The lowest BCUT2D eigenvalue weighted by Crippen LogP contribution is -2.37. The minimum Gasteiger partial charge on any atom is -0.371 e. The first kappa shape index (κ1) is 15.7. The summed E-state index contributed by atoms with van der Waals surface area (Å²) in [6, 6.07) is 8.68. The second-order valence-electron chi connectivity index (χ2n) is 5.97. The molecule has 0 spiro atoms. The van der Waals surface area contributed by atoms with Gasteiger partial charge in [-0.25, -0.2) is 8.78 Å². The van der Waals surface area contributed by atoms with Gasteiger partial charge in [0.1, 0.15) is 6.10 Å². The molecule has 4 rings (SSSR count). The molecule has 2 N–H and O–H groups in total. The van der Waals surface area contributed by atoms with Crippen molar-refractivity contribution < 1.29 is 18.3 Å². The van der Waals surface area contributed by atoms with Gasteiger partial charge in [0, 0.05) is 12.0 Å². The summed E-state index contributed by atoms with van der Waals surface area (Å²) < 4.78 is 32.3. The van der Waals surface area contributed by atoms with E-state index in [0.717, 1.165) is 17.5 Å². The maximum Gasteiger partial charge on any atom is 0.253 e. The zero-order valence-electron chi connectivity index (χ0n) is 13.1. The van der Waals surface area contributed by atoms with E-state index in [1.807, 2.05) is 6.07 Å². The number of nitrogens with zero attached hydrogens (tertiary/aromatic N) is 1. The fraction of sp³-hybridized carbons (Fsp3) is 0.222. The Morgan fingerprint density at radius 2 is 2.12 bits per heavy atom. The van der Waals surface area contributed by atoms with Crippen molar-refractivity contribution in [3.8, 4) is 0 Å². The molecule has 25 heavy (non-hydrogen) atoms. The first-order valence-electron chi connectivity index (χ1n) is 7.93. The normalized spacial score (nSPS) is 20.1. The molecule has 1 fully saturated rings. The Kier molecular flexibility index (Phi) is 3.93. The van der Waals surface area contributed by atoms with Crippen LogP contribution in [0, 0.1) is 11.6 Å². The van der Waals surface area contributed by atoms with E-state index in [1.165, 1.54) is 6.07 Å². The Hall–Kier alpha value is -2.80. The molecule has 1 saturated heterocycles. The van der Waals surface area contributed by atoms with Crippen LogP contribution in [0.5, 0.6) is 0 Å². The van der Waals surface area contributed by atoms with Crippen LogP contribution in [0.3, 0.4) is 0 Å². The lowest BCUT2D eigenvalue weighted by atomic mass is 10.0. The number of aromatic amines is 1. The summed E-state index contributed by atoms with van der Waals surface area (Å²) in [5.74, 6) is -2.11. The van der Waals surface area contributed by atoms with Gasteiger partial charge >= 0.3 is 0 Å². The summed E-state index contributed by atoms with van der Waals surface area (Å²) in [4.78, 5) is 12.7. The minimum absolute atomic E-state index is 0.266. The summed E-state index contributed by atoms with van der Waals surface area (Å²) >= 11 is 0. The maximum atomic E-state index is 13.5. The van der Waals surface area contributed by atoms with E-state index in [2.05, 4.69) is 15.5 Å². The van der Waals surface area contributed by atoms with Crippen molar-refractivity contribution in [1.82, 2.24) is 15.5 Å². The number of hydrogen-bond donors (Lipinski definition) is 2. The lowest BCUT2D eigenvalue weighted by Gasteiger charge is -2.20. The molecule has 0 radical (unpaired) electrons. The van der Waals surface area contributed by atoms with Gasteiger partial charge in [-0.15, -0.1) is 0 Å². The number of nitrogens with one attached hydrogen (secondary N) is 2. The van der Waals surface area contributed by atoms with Crippen LogP contribution in [-0.4, -0.2) is 28.8 Å². The fourth-order valence-corrected chi connectivity index (χ4v) is 3.16. The van der Waals surface area contributed by atoms with Gasteiger partial charge in [0.15, 0.2) is 11.6 Å². The van der Waals surface area contributed by atoms with E-state index in [0.29, 0.717) is 29.7 Å². The number of para-hydroxylation sites is 1. The lowest BCUT2D eigenvalue weighted by molar-refractivity contribution is 0.0821. The number of aromatic nitrogens is 2. The van der Waals surface area contributed by atoms with Gasteiger partial charge in [-0.1, -0.05) is 18.2 Å². The van der Waals surface area contributed by atoms with Crippen molar-refractivity contribution >= 4 is 16.8 Å². The summed E-state index contributed by atoms with van der Waals surface area (Å²) in [6.07, 6.45) is 1.73.